The Kier molecular flexibility index (Phi) is 5.01. The number of carbonyl (C=O) groups is 1. The van der Waals surface area contributed by atoms with E-state index in [1.165, 1.54) is 0 Å². The van der Waals surface area contributed by atoms with Crippen LogP contribution in [0.1, 0.15) is 36.5 Å². The summed E-state index contributed by atoms with van der Waals surface area (Å²) >= 11 is 0. The molecular formula is C14H21NO3. The summed E-state index contributed by atoms with van der Waals surface area (Å²) in [5.41, 5.74) is 3.05. The van der Waals surface area contributed by atoms with Crippen LogP contribution in [0.4, 0.5) is 10.5 Å². The Morgan fingerprint density at radius 3 is 2.61 bits per heavy atom. The lowest BCUT2D eigenvalue weighted by atomic mass is 10.0. The molecule has 0 heterocycles. The van der Waals surface area contributed by atoms with E-state index in [1.54, 1.807) is 13.0 Å². The van der Waals surface area contributed by atoms with Gasteiger partial charge in [-0.1, -0.05) is 13.3 Å². The first-order chi connectivity index (χ1) is 8.47. The highest BCUT2D eigenvalue weighted by atomic mass is 16.5. The number of hydrogen-bond acceptors (Lipinski definition) is 3. The molecule has 0 aliphatic rings. The van der Waals surface area contributed by atoms with E-state index in [4.69, 9.17) is 4.74 Å². The standard InChI is InChI=1S/C14H21NO3/c1-5-6-7-18-14(17)15-12-8-9(2)13(16)11(4)10(12)3/h8,16H,5-7H2,1-4H3,(H,15,17). The van der Waals surface area contributed by atoms with Gasteiger partial charge in [-0.2, -0.15) is 0 Å². The second-order valence-corrected chi connectivity index (χ2v) is 4.45. The van der Waals surface area contributed by atoms with Gasteiger partial charge in [0.1, 0.15) is 5.75 Å². The molecule has 0 aliphatic heterocycles. The van der Waals surface area contributed by atoms with Gasteiger partial charge in [0.25, 0.3) is 0 Å². The summed E-state index contributed by atoms with van der Waals surface area (Å²) in [6.07, 6.45) is 1.40. The fourth-order valence-electron chi connectivity index (χ4n) is 1.65. The first kappa shape index (κ1) is 14.4. The summed E-state index contributed by atoms with van der Waals surface area (Å²) in [5.74, 6) is 0.275. The Bertz CT molecular complexity index is 441. The number of benzene rings is 1. The molecule has 4 heteroatoms. The van der Waals surface area contributed by atoms with Gasteiger partial charge in [-0.15, -0.1) is 0 Å². The molecule has 1 rings (SSSR count). The van der Waals surface area contributed by atoms with Crippen LogP contribution in [0, 0.1) is 20.8 Å². The zero-order chi connectivity index (χ0) is 13.7. The number of hydrogen-bond donors (Lipinski definition) is 2. The fourth-order valence-corrected chi connectivity index (χ4v) is 1.65. The van der Waals surface area contributed by atoms with Gasteiger partial charge in [-0.25, -0.2) is 4.79 Å². The van der Waals surface area contributed by atoms with E-state index in [2.05, 4.69) is 5.32 Å². The van der Waals surface area contributed by atoms with Gasteiger partial charge < -0.3 is 9.84 Å². The Labute approximate surface area is 108 Å². The number of carbonyl (C=O) groups excluding carboxylic acids is 1. The number of anilines is 1. The van der Waals surface area contributed by atoms with E-state index in [1.807, 2.05) is 20.8 Å². The van der Waals surface area contributed by atoms with Crippen LogP contribution in [0.3, 0.4) is 0 Å². The van der Waals surface area contributed by atoms with Crippen molar-refractivity contribution in [3.05, 3.63) is 22.8 Å². The van der Waals surface area contributed by atoms with Crippen molar-refractivity contribution in [3.8, 4) is 5.75 Å². The number of ether oxygens (including phenoxy) is 1. The lowest BCUT2D eigenvalue weighted by Gasteiger charge is -2.14. The molecule has 0 atom stereocenters. The van der Waals surface area contributed by atoms with Crippen LogP contribution in [-0.4, -0.2) is 17.8 Å². The van der Waals surface area contributed by atoms with Crippen LogP contribution in [0.2, 0.25) is 0 Å². The van der Waals surface area contributed by atoms with Crippen molar-refractivity contribution >= 4 is 11.8 Å². The maximum absolute atomic E-state index is 11.6. The van der Waals surface area contributed by atoms with Crippen molar-refractivity contribution in [2.45, 2.75) is 40.5 Å². The second kappa shape index (κ2) is 6.28. The van der Waals surface area contributed by atoms with Crippen molar-refractivity contribution in [3.63, 3.8) is 0 Å². The molecule has 0 aromatic heterocycles. The average Bonchev–Trinajstić information content (AvgIpc) is 2.33. The third kappa shape index (κ3) is 3.39. The molecule has 4 nitrogen and oxygen atoms in total. The smallest absolute Gasteiger partial charge is 0.411 e. The number of nitrogens with one attached hydrogen (secondary N) is 1. The van der Waals surface area contributed by atoms with E-state index >= 15 is 0 Å². The normalized spacial score (nSPS) is 10.2. The molecule has 0 aliphatic carbocycles. The summed E-state index contributed by atoms with van der Waals surface area (Å²) in [6.45, 7) is 7.95. The number of amides is 1. The molecule has 18 heavy (non-hydrogen) atoms. The molecule has 100 valence electrons. The number of aromatic hydroxyl groups is 1. The maximum atomic E-state index is 11.6. The fraction of sp³-hybridized carbons (Fsp3) is 0.500. The summed E-state index contributed by atoms with van der Waals surface area (Å²) in [4.78, 5) is 11.6. The first-order valence-electron chi connectivity index (χ1n) is 6.20. The van der Waals surface area contributed by atoms with E-state index in [0.717, 1.165) is 29.5 Å². The molecule has 0 unspecified atom stereocenters. The zero-order valence-electron chi connectivity index (χ0n) is 11.5. The lowest BCUT2D eigenvalue weighted by molar-refractivity contribution is 0.160. The zero-order valence-corrected chi connectivity index (χ0v) is 11.5. The second-order valence-electron chi connectivity index (χ2n) is 4.45. The summed E-state index contributed by atoms with van der Waals surface area (Å²) < 4.78 is 5.04. The van der Waals surface area contributed by atoms with Crippen molar-refractivity contribution in [1.29, 1.82) is 0 Å². The SMILES string of the molecule is CCCCOC(=O)Nc1cc(C)c(O)c(C)c1C. The molecule has 0 spiro atoms. The Morgan fingerprint density at radius 1 is 1.33 bits per heavy atom. The van der Waals surface area contributed by atoms with E-state index in [9.17, 15) is 9.90 Å². The third-order valence-corrected chi connectivity index (χ3v) is 3.02. The highest BCUT2D eigenvalue weighted by Gasteiger charge is 2.11. The highest BCUT2D eigenvalue weighted by Crippen LogP contribution is 2.30. The third-order valence-electron chi connectivity index (χ3n) is 3.02. The number of unbranched alkanes of at least 4 members (excludes halogenated alkanes) is 1. The number of rotatable bonds is 4. The van der Waals surface area contributed by atoms with Crippen LogP contribution >= 0.6 is 0 Å². The minimum absolute atomic E-state index is 0.275. The Balaban J connectivity index is 2.76. The quantitative estimate of drug-likeness (QED) is 0.634. The predicted molar refractivity (Wildman–Crippen MR) is 72.2 cm³/mol. The molecule has 0 saturated heterocycles. The molecule has 1 aromatic rings. The van der Waals surface area contributed by atoms with Crippen molar-refractivity contribution in [2.75, 3.05) is 11.9 Å². The van der Waals surface area contributed by atoms with E-state index in [0.29, 0.717) is 12.3 Å². The molecule has 0 saturated carbocycles. The largest absolute Gasteiger partial charge is 0.507 e. The Hall–Kier alpha value is -1.71. The van der Waals surface area contributed by atoms with Crippen LogP contribution in [0.25, 0.3) is 0 Å². The molecule has 2 N–H and O–H groups in total. The van der Waals surface area contributed by atoms with Crippen molar-refractivity contribution < 1.29 is 14.6 Å². The monoisotopic (exact) mass is 251 g/mol. The molecule has 0 radical (unpaired) electrons. The van der Waals surface area contributed by atoms with Gasteiger partial charge in [-0.3, -0.25) is 5.32 Å². The average molecular weight is 251 g/mol. The topological polar surface area (TPSA) is 58.6 Å². The maximum Gasteiger partial charge on any atom is 0.411 e. The Morgan fingerprint density at radius 2 is 2.00 bits per heavy atom. The van der Waals surface area contributed by atoms with E-state index < -0.39 is 6.09 Å². The van der Waals surface area contributed by atoms with Crippen LogP contribution in [0.15, 0.2) is 6.07 Å². The summed E-state index contributed by atoms with van der Waals surface area (Å²) in [6, 6.07) is 1.75. The van der Waals surface area contributed by atoms with Gasteiger partial charge in [0.05, 0.1) is 6.61 Å². The highest BCUT2D eigenvalue weighted by molar-refractivity contribution is 5.86. The molecule has 0 fully saturated rings. The predicted octanol–water partition coefficient (Wildman–Crippen LogP) is 3.67. The van der Waals surface area contributed by atoms with Crippen molar-refractivity contribution in [2.24, 2.45) is 0 Å². The van der Waals surface area contributed by atoms with Crippen LogP contribution < -0.4 is 5.32 Å². The summed E-state index contributed by atoms with van der Waals surface area (Å²) in [5, 5.41) is 12.5. The van der Waals surface area contributed by atoms with Gasteiger partial charge in [-0.05, 0) is 49.9 Å². The number of aryl methyl sites for hydroxylation is 1. The number of phenolic OH excluding ortho intramolecular Hbond substituents is 1. The van der Waals surface area contributed by atoms with Gasteiger partial charge in [0.15, 0.2) is 0 Å². The van der Waals surface area contributed by atoms with Gasteiger partial charge >= 0.3 is 6.09 Å². The van der Waals surface area contributed by atoms with Gasteiger partial charge in [0, 0.05) is 5.69 Å². The first-order valence-corrected chi connectivity index (χ1v) is 6.20. The molecule has 1 aromatic carbocycles. The van der Waals surface area contributed by atoms with E-state index in [-0.39, 0.29) is 5.75 Å². The van der Waals surface area contributed by atoms with Crippen molar-refractivity contribution in [1.82, 2.24) is 0 Å². The molecule has 0 bridgehead atoms. The molecule has 1 amide bonds. The van der Waals surface area contributed by atoms with Crippen LogP contribution in [0.5, 0.6) is 5.75 Å². The van der Waals surface area contributed by atoms with Gasteiger partial charge in [0.2, 0.25) is 0 Å². The van der Waals surface area contributed by atoms with Crippen LogP contribution in [-0.2, 0) is 4.74 Å². The minimum Gasteiger partial charge on any atom is -0.507 e. The summed E-state index contributed by atoms with van der Waals surface area (Å²) in [7, 11) is 0. The molecular weight excluding hydrogens is 230 g/mol. The minimum atomic E-state index is -0.448. The number of phenols is 1. The lowest BCUT2D eigenvalue weighted by Crippen LogP contribution is -2.15.